The van der Waals surface area contributed by atoms with Crippen molar-refractivity contribution < 1.29 is 4.79 Å². The van der Waals surface area contributed by atoms with E-state index < -0.39 is 0 Å². The normalized spacial score (nSPS) is 14.2. The minimum atomic E-state index is 0.0180. The Labute approximate surface area is 134 Å². The highest BCUT2D eigenvalue weighted by Crippen LogP contribution is 2.35. The van der Waals surface area contributed by atoms with Crippen LogP contribution < -0.4 is 5.32 Å². The van der Waals surface area contributed by atoms with E-state index in [9.17, 15) is 4.79 Å². The summed E-state index contributed by atoms with van der Waals surface area (Å²) in [7, 11) is 0. The molecule has 0 amide bonds. The predicted octanol–water partition coefficient (Wildman–Crippen LogP) is 3.66. The molecule has 2 heterocycles. The molecule has 3 rings (SSSR count). The van der Waals surface area contributed by atoms with Crippen LogP contribution in [0.4, 0.5) is 0 Å². The highest BCUT2D eigenvalue weighted by atomic mass is 79.9. The van der Waals surface area contributed by atoms with E-state index in [1.54, 1.807) is 4.57 Å². The molecule has 0 saturated heterocycles. The molecular formula is C15H14Br2N2O. The van der Waals surface area contributed by atoms with Gasteiger partial charge in [-0.1, -0.05) is 17.7 Å². The molecule has 1 aliphatic heterocycles. The molecule has 0 unspecified atom stereocenters. The van der Waals surface area contributed by atoms with Crippen molar-refractivity contribution in [3.63, 3.8) is 0 Å². The van der Waals surface area contributed by atoms with Gasteiger partial charge < -0.3 is 5.32 Å². The maximum absolute atomic E-state index is 12.8. The van der Waals surface area contributed by atoms with Crippen molar-refractivity contribution in [1.29, 1.82) is 0 Å². The number of nitrogens with one attached hydrogen (secondary N) is 1. The largest absolute Gasteiger partial charge is 0.312 e. The van der Waals surface area contributed by atoms with Gasteiger partial charge in [0.1, 0.15) is 4.60 Å². The van der Waals surface area contributed by atoms with Crippen LogP contribution in [-0.2, 0) is 13.0 Å². The molecule has 3 nitrogen and oxygen atoms in total. The second kappa shape index (κ2) is 5.47. The molecule has 1 aliphatic rings. The Morgan fingerprint density at radius 2 is 2.15 bits per heavy atom. The number of aromatic nitrogens is 1. The summed E-state index contributed by atoms with van der Waals surface area (Å²) in [6.45, 7) is 3.69. The number of halogens is 2. The maximum Gasteiger partial charge on any atom is 0.263 e. The average Bonchev–Trinajstić information content (AvgIpc) is 2.71. The summed E-state index contributed by atoms with van der Waals surface area (Å²) in [4.78, 5) is 12.8. The van der Waals surface area contributed by atoms with Gasteiger partial charge in [0, 0.05) is 36.3 Å². The van der Waals surface area contributed by atoms with Crippen molar-refractivity contribution >= 4 is 37.8 Å². The lowest BCUT2D eigenvalue weighted by Crippen LogP contribution is -2.26. The van der Waals surface area contributed by atoms with Crippen molar-refractivity contribution in [3.05, 3.63) is 55.7 Å². The van der Waals surface area contributed by atoms with E-state index in [2.05, 4.69) is 37.2 Å². The van der Waals surface area contributed by atoms with Crippen molar-refractivity contribution in [2.24, 2.45) is 0 Å². The summed E-state index contributed by atoms with van der Waals surface area (Å²) in [5, 5.41) is 3.33. The second-order valence-electron chi connectivity index (χ2n) is 4.97. The van der Waals surface area contributed by atoms with E-state index in [0.717, 1.165) is 45.4 Å². The summed E-state index contributed by atoms with van der Waals surface area (Å²) >= 11 is 7.13. The molecule has 0 bridgehead atoms. The van der Waals surface area contributed by atoms with Crippen LogP contribution in [0.25, 0.3) is 0 Å². The van der Waals surface area contributed by atoms with Gasteiger partial charge >= 0.3 is 0 Å². The molecule has 0 fully saturated rings. The fourth-order valence-corrected chi connectivity index (χ4v) is 3.74. The Morgan fingerprint density at radius 1 is 1.35 bits per heavy atom. The van der Waals surface area contributed by atoms with Gasteiger partial charge in [0.2, 0.25) is 0 Å². The predicted molar refractivity (Wildman–Crippen MR) is 86.2 cm³/mol. The highest BCUT2D eigenvalue weighted by molar-refractivity contribution is 9.13. The first-order valence-corrected chi connectivity index (χ1v) is 8.07. The van der Waals surface area contributed by atoms with Crippen LogP contribution in [0.3, 0.4) is 0 Å². The third-order valence-electron chi connectivity index (χ3n) is 3.57. The molecule has 2 aromatic rings. The van der Waals surface area contributed by atoms with Crippen LogP contribution >= 0.6 is 31.9 Å². The Hall–Kier alpha value is -0.910. The molecule has 0 radical (unpaired) electrons. The molecule has 0 aliphatic carbocycles. The Kier molecular flexibility index (Phi) is 3.84. The molecule has 5 heteroatoms. The quantitative estimate of drug-likeness (QED) is 0.796. The fraction of sp³-hybridized carbons (Fsp3) is 0.267. The van der Waals surface area contributed by atoms with Gasteiger partial charge in [-0.3, -0.25) is 9.36 Å². The first-order valence-electron chi connectivity index (χ1n) is 6.49. The summed E-state index contributed by atoms with van der Waals surface area (Å²) < 4.78 is 3.56. The number of carbonyl (C=O) groups excluding carboxylic acids is 1. The number of carbonyl (C=O) groups is 1. The van der Waals surface area contributed by atoms with E-state index in [1.807, 2.05) is 31.2 Å². The third kappa shape index (κ3) is 2.28. The van der Waals surface area contributed by atoms with Gasteiger partial charge in [-0.2, -0.15) is 0 Å². The standard InChI is InChI=1S/C15H14Br2N2O/c1-9-3-2-4-10(7-9)15(20)19-12-5-6-18-8-11(12)13(16)14(19)17/h2-4,7,18H,5-6,8H2,1H3. The molecule has 1 aromatic carbocycles. The summed E-state index contributed by atoms with van der Waals surface area (Å²) in [5.74, 6) is 0.0180. The topological polar surface area (TPSA) is 34.0 Å². The van der Waals surface area contributed by atoms with Crippen molar-refractivity contribution in [2.45, 2.75) is 19.9 Å². The smallest absolute Gasteiger partial charge is 0.263 e. The molecule has 1 aromatic heterocycles. The zero-order valence-corrected chi connectivity index (χ0v) is 14.2. The molecule has 0 atom stereocenters. The number of aryl methyl sites for hydroxylation is 1. The van der Waals surface area contributed by atoms with Gasteiger partial charge in [0.15, 0.2) is 0 Å². The number of nitrogens with zero attached hydrogens (tertiary/aromatic N) is 1. The van der Waals surface area contributed by atoms with Crippen LogP contribution in [0.5, 0.6) is 0 Å². The second-order valence-corrected chi connectivity index (χ2v) is 6.51. The molecule has 104 valence electrons. The lowest BCUT2D eigenvalue weighted by molar-refractivity contribution is 0.0954. The van der Waals surface area contributed by atoms with Crippen LogP contribution in [0.1, 0.15) is 27.2 Å². The van der Waals surface area contributed by atoms with E-state index in [-0.39, 0.29) is 5.91 Å². The van der Waals surface area contributed by atoms with Crippen LogP contribution in [0, 0.1) is 6.92 Å². The summed E-state index contributed by atoms with van der Waals surface area (Å²) in [5.41, 5.74) is 4.07. The van der Waals surface area contributed by atoms with Gasteiger partial charge in [0.25, 0.3) is 5.91 Å². The maximum atomic E-state index is 12.8. The minimum absolute atomic E-state index is 0.0180. The summed E-state index contributed by atoms with van der Waals surface area (Å²) in [6, 6.07) is 7.71. The molecule has 20 heavy (non-hydrogen) atoms. The Bertz CT molecular complexity index is 691. The minimum Gasteiger partial charge on any atom is -0.312 e. The van der Waals surface area contributed by atoms with E-state index in [0.29, 0.717) is 0 Å². The van der Waals surface area contributed by atoms with Crippen molar-refractivity contribution in [2.75, 3.05) is 6.54 Å². The highest BCUT2D eigenvalue weighted by Gasteiger charge is 2.25. The van der Waals surface area contributed by atoms with Crippen molar-refractivity contribution in [3.8, 4) is 0 Å². The van der Waals surface area contributed by atoms with Gasteiger partial charge in [0.05, 0.1) is 4.47 Å². The number of fused-ring (bicyclic) bond motifs is 1. The van der Waals surface area contributed by atoms with Gasteiger partial charge in [-0.15, -0.1) is 0 Å². The van der Waals surface area contributed by atoms with E-state index in [4.69, 9.17) is 0 Å². The lowest BCUT2D eigenvalue weighted by Gasteiger charge is -2.16. The van der Waals surface area contributed by atoms with Crippen LogP contribution in [0.2, 0.25) is 0 Å². The molecular weight excluding hydrogens is 384 g/mol. The monoisotopic (exact) mass is 396 g/mol. The van der Waals surface area contributed by atoms with Gasteiger partial charge in [-0.25, -0.2) is 0 Å². The molecule has 0 saturated carbocycles. The number of benzene rings is 1. The summed E-state index contributed by atoms with van der Waals surface area (Å²) in [6.07, 6.45) is 0.858. The zero-order valence-electron chi connectivity index (χ0n) is 11.0. The first kappa shape index (κ1) is 14.0. The molecule has 1 N–H and O–H groups in total. The number of hydrogen-bond donors (Lipinski definition) is 1. The lowest BCUT2D eigenvalue weighted by atomic mass is 10.1. The first-order chi connectivity index (χ1) is 9.59. The number of rotatable bonds is 1. The number of hydrogen-bond acceptors (Lipinski definition) is 2. The zero-order chi connectivity index (χ0) is 14.3. The molecule has 0 spiro atoms. The van der Waals surface area contributed by atoms with E-state index >= 15 is 0 Å². The van der Waals surface area contributed by atoms with E-state index in [1.165, 1.54) is 5.56 Å². The fourth-order valence-electron chi connectivity index (χ4n) is 2.58. The average molecular weight is 398 g/mol. The van der Waals surface area contributed by atoms with Crippen LogP contribution in [-0.4, -0.2) is 17.0 Å². The Morgan fingerprint density at radius 3 is 2.90 bits per heavy atom. The SMILES string of the molecule is Cc1cccc(C(=O)n2c(Br)c(Br)c3c2CCNC3)c1. The van der Waals surface area contributed by atoms with Gasteiger partial charge in [-0.05, 0) is 50.9 Å². The third-order valence-corrected chi connectivity index (χ3v) is 5.71. The Balaban J connectivity index is 2.13. The van der Waals surface area contributed by atoms with Crippen LogP contribution in [0.15, 0.2) is 33.3 Å². The van der Waals surface area contributed by atoms with Crippen molar-refractivity contribution in [1.82, 2.24) is 9.88 Å².